The van der Waals surface area contributed by atoms with Crippen LogP contribution in [0.4, 0.5) is 4.39 Å². The molecule has 7 heteroatoms. The van der Waals surface area contributed by atoms with Crippen molar-refractivity contribution in [1.82, 2.24) is 9.55 Å². The lowest BCUT2D eigenvalue weighted by atomic mass is 10.5. The summed E-state index contributed by atoms with van der Waals surface area (Å²) in [6.45, 7) is 0. The molecule has 0 aliphatic carbocycles. The molecular formula is C6H5FN2O4. The van der Waals surface area contributed by atoms with E-state index in [2.05, 4.69) is 0 Å². The van der Waals surface area contributed by atoms with Gasteiger partial charge < -0.3 is 5.11 Å². The Hall–Kier alpha value is -1.92. The van der Waals surface area contributed by atoms with Crippen molar-refractivity contribution in [2.24, 2.45) is 0 Å². The van der Waals surface area contributed by atoms with E-state index in [1.165, 1.54) is 0 Å². The van der Waals surface area contributed by atoms with Crippen LogP contribution in [-0.2, 0) is 4.79 Å². The highest BCUT2D eigenvalue weighted by Crippen LogP contribution is 2.02. The minimum atomic E-state index is -2.48. The summed E-state index contributed by atoms with van der Waals surface area (Å²) < 4.78 is 13.0. The Morgan fingerprint density at radius 1 is 1.62 bits per heavy atom. The number of hydrogen-bond donors (Lipinski definition) is 2. The maximum atomic E-state index is 12.7. The highest BCUT2D eigenvalue weighted by molar-refractivity contribution is 5.69. The molecule has 0 aliphatic rings. The zero-order valence-corrected chi connectivity index (χ0v) is 6.23. The first kappa shape index (κ1) is 9.17. The van der Waals surface area contributed by atoms with Gasteiger partial charge in [0, 0.05) is 12.3 Å². The molecule has 2 N–H and O–H groups in total. The van der Waals surface area contributed by atoms with Crippen LogP contribution >= 0.6 is 0 Å². The molecule has 6 nitrogen and oxygen atoms in total. The number of aliphatic carboxylic acids is 1. The Morgan fingerprint density at radius 2 is 2.23 bits per heavy atom. The van der Waals surface area contributed by atoms with Crippen LogP contribution in [0.5, 0.6) is 0 Å². The highest BCUT2D eigenvalue weighted by atomic mass is 19.1. The number of aromatic amines is 1. The van der Waals surface area contributed by atoms with Gasteiger partial charge in [0.15, 0.2) is 0 Å². The number of nitrogens with zero attached hydrogens (tertiary/aromatic N) is 1. The summed E-state index contributed by atoms with van der Waals surface area (Å²) in [7, 11) is 0. The Morgan fingerprint density at radius 3 is 2.69 bits per heavy atom. The van der Waals surface area contributed by atoms with Gasteiger partial charge in [-0.3, -0.25) is 14.3 Å². The van der Waals surface area contributed by atoms with Crippen molar-refractivity contribution in [3.05, 3.63) is 33.1 Å². The Bertz CT molecular complexity index is 435. The first-order valence-corrected chi connectivity index (χ1v) is 3.20. The normalized spacial score (nSPS) is 12.4. The number of H-pyrrole nitrogens is 1. The van der Waals surface area contributed by atoms with Gasteiger partial charge in [0.1, 0.15) is 0 Å². The number of alkyl halides is 1. The lowest BCUT2D eigenvalue weighted by molar-refractivity contribution is -0.146. The van der Waals surface area contributed by atoms with Gasteiger partial charge in [0.25, 0.3) is 11.9 Å². The number of aromatic nitrogens is 2. The van der Waals surface area contributed by atoms with E-state index in [1.807, 2.05) is 0 Å². The van der Waals surface area contributed by atoms with Gasteiger partial charge in [-0.15, -0.1) is 0 Å². The molecule has 1 aromatic heterocycles. The van der Waals surface area contributed by atoms with Gasteiger partial charge in [-0.1, -0.05) is 0 Å². The first-order chi connectivity index (χ1) is 6.02. The van der Waals surface area contributed by atoms with Gasteiger partial charge in [-0.25, -0.2) is 14.0 Å². The Kier molecular flexibility index (Phi) is 2.27. The van der Waals surface area contributed by atoms with Crippen LogP contribution < -0.4 is 11.2 Å². The standard InChI is InChI=1S/C6H5FN2O4/c7-4(5(11)12)9-2-1-3(10)8-6(9)13/h1-2,4H,(H,11,12)(H,8,10,13). The predicted octanol–water partition coefficient (Wildman–Crippen LogP) is -0.911. The molecule has 70 valence electrons. The number of nitrogens with one attached hydrogen (secondary N) is 1. The van der Waals surface area contributed by atoms with Crippen LogP contribution in [0.3, 0.4) is 0 Å². The molecule has 0 aromatic carbocycles. The van der Waals surface area contributed by atoms with Crippen LogP contribution in [0.15, 0.2) is 21.9 Å². The molecule has 1 rings (SSSR count). The summed E-state index contributed by atoms with van der Waals surface area (Å²) >= 11 is 0. The molecule has 1 aromatic rings. The molecule has 13 heavy (non-hydrogen) atoms. The number of carbonyl (C=O) groups is 1. The average Bonchev–Trinajstić information content (AvgIpc) is 2.03. The van der Waals surface area contributed by atoms with E-state index in [0.717, 1.165) is 12.3 Å². The van der Waals surface area contributed by atoms with Gasteiger partial charge in [0.2, 0.25) is 0 Å². The van der Waals surface area contributed by atoms with Crippen molar-refractivity contribution in [2.75, 3.05) is 0 Å². The minimum absolute atomic E-state index is 0.268. The second kappa shape index (κ2) is 3.21. The van der Waals surface area contributed by atoms with E-state index >= 15 is 0 Å². The highest BCUT2D eigenvalue weighted by Gasteiger charge is 2.18. The summed E-state index contributed by atoms with van der Waals surface area (Å²) in [4.78, 5) is 33.1. The monoisotopic (exact) mass is 188 g/mol. The largest absolute Gasteiger partial charge is 0.478 e. The SMILES string of the molecule is O=C(O)C(F)n1ccc(=O)[nH]c1=O. The third kappa shape index (κ3) is 1.81. The average molecular weight is 188 g/mol. The smallest absolute Gasteiger partial charge is 0.360 e. The van der Waals surface area contributed by atoms with Crippen molar-refractivity contribution in [2.45, 2.75) is 6.30 Å². The van der Waals surface area contributed by atoms with Crippen LogP contribution in [0.1, 0.15) is 6.30 Å². The molecule has 1 unspecified atom stereocenters. The molecule has 1 heterocycles. The Balaban J connectivity index is 3.24. The van der Waals surface area contributed by atoms with Gasteiger partial charge in [-0.2, -0.15) is 0 Å². The summed E-state index contributed by atoms with van der Waals surface area (Å²) in [5, 5.41) is 8.20. The molecule has 0 saturated heterocycles. The van der Waals surface area contributed by atoms with E-state index in [1.54, 1.807) is 4.98 Å². The molecule has 1 atom stereocenters. The molecule has 0 amide bonds. The molecule has 0 spiro atoms. The van der Waals surface area contributed by atoms with Gasteiger partial charge in [-0.05, 0) is 0 Å². The molecule has 0 radical (unpaired) electrons. The van der Waals surface area contributed by atoms with E-state index in [-0.39, 0.29) is 4.57 Å². The fourth-order valence-electron chi connectivity index (χ4n) is 0.725. The molecular weight excluding hydrogens is 183 g/mol. The van der Waals surface area contributed by atoms with Crippen LogP contribution in [0.25, 0.3) is 0 Å². The van der Waals surface area contributed by atoms with Crippen LogP contribution in [0, 0.1) is 0 Å². The summed E-state index contributed by atoms with van der Waals surface area (Å²) in [5.74, 6) is -1.80. The summed E-state index contributed by atoms with van der Waals surface area (Å²) in [6.07, 6.45) is -1.70. The van der Waals surface area contributed by atoms with Gasteiger partial charge >= 0.3 is 11.7 Å². The fourth-order valence-corrected chi connectivity index (χ4v) is 0.725. The summed E-state index contributed by atoms with van der Waals surface area (Å²) in [6, 6.07) is 0.858. The number of carboxylic acid groups (broad SMARTS) is 1. The second-order valence-electron chi connectivity index (χ2n) is 2.19. The number of carboxylic acids is 1. The van der Waals surface area contributed by atoms with E-state index in [0.29, 0.717) is 0 Å². The third-order valence-electron chi connectivity index (χ3n) is 1.30. The van der Waals surface area contributed by atoms with Crippen molar-refractivity contribution in [1.29, 1.82) is 0 Å². The van der Waals surface area contributed by atoms with Crippen molar-refractivity contribution >= 4 is 5.97 Å². The topological polar surface area (TPSA) is 92.2 Å². The molecule has 0 fully saturated rings. The zero-order valence-electron chi connectivity index (χ0n) is 6.23. The third-order valence-corrected chi connectivity index (χ3v) is 1.30. The van der Waals surface area contributed by atoms with E-state index in [4.69, 9.17) is 5.11 Å². The number of rotatable bonds is 2. The van der Waals surface area contributed by atoms with Crippen molar-refractivity contribution in [3.63, 3.8) is 0 Å². The van der Waals surface area contributed by atoms with Crippen molar-refractivity contribution < 1.29 is 14.3 Å². The maximum absolute atomic E-state index is 12.7. The molecule has 0 aliphatic heterocycles. The number of hydrogen-bond acceptors (Lipinski definition) is 3. The van der Waals surface area contributed by atoms with Crippen LogP contribution in [0.2, 0.25) is 0 Å². The minimum Gasteiger partial charge on any atom is -0.478 e. The molecule has 0 saturated carbocycles. The first-order valence-electron chi connectivity index (χ1n) is 3.20. The van der Waals surface area contributed by atoms with E-state index < -0.39 is 23.5 Å². The zero-order chi connectivity index (χ0) is 10.0. The quantitative estimate of drug-likeness (QED) is 0.628. The lowest BCUT2D eigenvalue weighted by Gasteiger charge is -2.04. The summed E-state index contributed by atoms with van der Waals surface area (Å²) in [5.41, 5.74) is -1.80. The fraction of sp³-hybridized carbons (Fsp3) is 0.167. The molecule has 0 bridgehead atoms. The Labute approximate surface area is 70.3 Å². The van der Waals surface area contributed by atoms with Crippen molar-refractivity contribution in [3.8, 4) is 0 Å². The van der Waals surface area contributed by atoms with Crippen LogP contribution in [-0.4, -0.2) is 20.6 Å². The number of halogens is 1. The second-order valence-corrected chi connectivity index (χ2v) is 2.19. The maximum Gasteiger partial charge on any atom is 0.360 e. The predicted molar refractivity (Wildman–Crippen MR) is 39.1 cm³/mol. The van der Waals surface area contributed by atoms with E-state index in [9.17, 15) is 18.8 Å². The lowest BCUT2D eigenvalue weighted by Crippen LogP contribution is -2.32. The van der Waals surface area contributed by atoms with Gasteiger partial charge in [0.05, 0.1) is 0 Å².